The van der Waals surface area contributed by atoms with Gasteiger partial charge in [0, 0.05) is 16.5 Å². The van der Waals surface area contributed by atoms with Crippen LogP contribution in [0.1, 0.15) is 6.92 Å². The number of nitrogens with one attached hydrogen (secondary N) is 1. The quantitative estimate of drug-likeness (QED) is 0.772. The molecule has 3 rings (SSSR count). The Morgan fingerprint density at radius 2 is 1.79 bits per heavy atom. The topological polar surface area (TPSA) is 67.9 Å². The highest BCUT2D eigenvalue weighted by Crippen LogP contribution is 2.25. The molecule has 0 saturated carbocycles. The van der Waals surface area contributed by atoms with Crippen LogP contribution in [0.5, 0.6) is 11.5 Å². The van der Waals surface area contributed by atoms with Crippen LogP contribution in [0, 0.1) is 0 Å². The van der Waals surface area contributed by atoms with E-state index in [0.717, 1.165) is 0 Å². The van der Waals surface area contributed by atoms with Gasteiger partial charge in [-0.25, -0.2) is 0 Å². The zero-order valence-electron chi connectivity index (χ0n) is 15.6. The molecule has 1 saturated heterocycles. The molecule has 2 unspecified atom stereocenters. The molecule has 1 aliphatic heterocycles. The van der Waals surface area contributed by atoms with Crippen LogP contribution in [0.4, 0.5) is 5.69 Å². The van der Waals surface area contributed by atoms with E-state index in [-0.39, 0.29) is 11.8 Å². The standard InChI is InChI=1S/C20H21ClN2O4S/c1-13(27-17-7-3-14(21)4-8-17)20(25)23-12-28-11-18(23)19(24)22-15-5-9-16(26-2)10-6-15/h3-10,13,18H,11-12H2,1-2H3,(H,22,24). The minimum absolute atomic E-state index is 0.220. The minimum atomic E-state index is -0.712. The lowest BCUT2D eigenvalue weighted by Crippen LogP contribution is -2.48. The lowest BCUT2D eigenvalue weighted by Gasteiger charge is -2.26. The number of carbonyl (C=O) groups excluding carboxylic acids is 2. The Morgan fingerprint density at radius 1 is 1.14 bits per heavy atom. The molecule has 8 heteroatoms. The summed E-state index contributed by atoms with van der Waals surface area (Å²) in [5.41, 5.74) is 0.653. The second-order valence-electron chi connectivity index (χ2n) is 6.26. The number of carbonyl (C=O) groups is 2. The molecule has 2 aromatic rings. The summed E-state index contributed by atoms with van der Waals surface area (Å²) in [5, 5.41) is 3.45. The monoisotopic (exact) mass is 420 g/mol. The van der Waals surface area contributed by atoms with Gasteiger partial charge >= 0.3 is 0 Å². The largest absolute Gasteiger partial charge is 0.497 e. The molecule has 6 nitrogen and oxygen atoms in total. The highest BCUT2D eigenvalue weighted by atomic mass is 35.5. The van der Waals surface area contributed by atoms with E-state index in [1.807, 2.05) is 0 Å². The van der Waals surface area contributed by atoms with Gasteiger partial charge in [-0.15, -0.1) is 11.8 Å². The molecule has 0 bridgehead atoms. The molecule has 0 radical (unpaired) electrons. The molecule has 2 amide bonds. The maximum Gasteiger partial charge on any atom is 0.264 e. The third kappa shape index (κ3) is 4.91. The lowest BCUT2D eigenvalue weighted by atomic mass is 10.2. The number of ether oxygens (including phenoxy) is 2. The molecule has 28 heavy (non-hydrogen) atoms. The summed E-state index contributed by atoms with van der Waals surface area (Å²) in [4.78, 5) is 27.1. The van der Waals surface area contributed by atoms with E-state index < -0.39 is 12.1 Å². The van der Waals surface area contributed by atoms with Gasteiger partial charge in [-0.3, -0.25) is 9.59 Å². The molecular weight excluding hydrogens is 400 g/mol. The highest BCUT2D eigenvalue weighted by molar-refractivity contribution is 7.99. The zero-order valence-corrected chi connectivity index (χ0v) is 17.1. The first kappa shape index (κ1) is 20.4. The summed E-state index contributed by atoms with van der Waals surface area (Å²) < 4.78 is 10.8. The van der Waals surface area contributed by atoms with E-state index >= 15 is 0 Å². The molecule has 1 fully saturated rings. The molecule has 1 heterocycles. The average Bonchev–Trinajstić information content (AvgIpc) is 3.19. The Balaban J connectivity index is 1.62. The number of hydrogen-bond donors (Lipinski definition) is 1. The second kappa shape index (κ2) is 9.21. The molecule has 1 N–H and O–H groups in total. The van der Waals surface area contributed by atoms with Gasteiger partial charge in [-0.2, -0.15) is 0 Å². The van der Waals surface area contributed by atoms with E-state index in [2.05, 4.69) is 5.32 Å². The van der Waals surface area contributed by atoms with Crippen molar-refractivity contribution in [3.63, 3.8) is 0 Å². The van der Waals surface area contributed by atoms with Crippen LogP contribution >= 0.6 is 23.4 Å². The Labute approximate surface area is 173 Å². The van der Waals surface area contributed by atoms with Crippen molar-refractivity contribution < 1.29 is 19.1 Å². The van der Waals surface area contributed by atoms with Gasteiger partial charge in [-0.05, 0) is 55.5 Å². The Morgan fingerprint density at radius 3 is 2.43 bits per heavy atom. The van der Waals surface area contributed by atoms with Gasteiger partial charge in [-0.1, -0.05) is 11.6 Å². The number of anilines is 1. The van der Waals surface area contributed by atoms with Crippen LogP contribution in [0.15, 0.2) is 48.5 Å². The fraction of sp³-hybridized carbons (Fsp3) is 0.300. The number of hydrogen-bond acceptors (Lipinski definition) is 5. The van der Waals surface area contributed by atoms with Crippen LogP contribution in [0.3, 0.4) is 0 Å². The van der Waals surface area contributed by atoms with Gasteiger partial charge in [0.05, 0.1) is 13.0 Å². The van der Waals surface area contributed by atoms with Crippen LogP contribution < -0.4 is 14.8 Å². The number of benzene rings is 2. The average molecular weight is 421 g/mol. The first-order valence-corrected chi connectivity index (χ1v) is 10.3. The lowest BCUT2D eigenvalue weighted by molar-refractivity contribution is -0.141. The maximum atomic E-state index is 12.8. The Kier molecular flexibility index (Phi) is 6.70. The summed E-state index contributed by atoms with van der Waals surface area (Å²) >= 11 is 7.41. The summed E-state index contributed by atoms with van der Waals surface area (Å²) in [7, 11) is 1.58. The minimum Gasteiger partial charge on any atom is -0.497 e. The van der Waals surface area contributed by atoms with Crippen LogP contribution in [-0.2, 0) is 9.59 Å². The second-order valence-corrected chi connectivity index (χ2v) is 7.69. The number of amides is 2. The molecule has 2 atom stereocenters. The van der Waals surface area contributed by atoms with Gasteiger partial charge in [0.1, 0.15) is 17.5 Å². The summed E-state index contributed by atoms with van der Waals surface area (Å²) in [6.45, 7) is 1.68. The van der Waals surface area contributed by atoms with Crippen molar-refractivity contribution >= 4 is 40.9 Å². The van der Waals surface area contributed by atoms with Crippen LogP contribution in [0.25, 0.3) is 0 Å². The first-order chi connectivity index (χ1) is 13.5. The summed E-state index contributed by atoms with van der Waals surface area (Å²) in [5.74, 6) is 1.81. The van der Waals surface area contributed by atoms with E-state index in [9.17, 15) is 9.59 Å². The van der Waals surface area contributed by atoms with Gasteiger partial charge < -0.3 is 19.7 Å². The van der Waals surface area contributed by atoms with Crippen molar-refractivity contribution in [3.05, 3.63) is 53.6 Å². The predicted octanol–water partition coefficient (Wildman–Crippen LogP) is 3.66. The Bertz CT molecular complexity index is 829. The number of rotatable bonds is 6. The third-order valence-corrected chi connectivity index (χ3v) is 5.56. The van der Waals surface area contributed by atoms with Gasteiger partial charge in [0.25, 0.3) is 5.91 Å². The molecule has 0 aliphatic carbocycles. The highest BCUT2D eigenvalue weighted by Gasteiger charge is 2.37. The molecule has 2 aromatic carbocycles. The van der Waals surface area contributed by atoms with E-state index in [1.165, 1.54) is 0 Å². The van der Waals surface area contributed by atoms with E-state index in [1.54, 1.807) is 79.2 Å². The van der Waals surface area contributed by atoms with Crippen molar-refractivity contribution in [2.24, 2.45) is 0 Å². The fourth-order valence-electron chi connectivity index (χ4n) is 2.78. The molecular formula is C20H21ClN2O4S. The fourth-order valence-corrected chi connectivity index (χ4v) is 4.07. The van der Waals surface area contributed by atoms with Crippen molar-refractivity contribution in [2.75, 3.05) is 24.1 Å². The zero-order chi connectivity index (χ0) is 20.1. The first-order valence-electron chi connectivity index (χ1n) is 8.73. The maximum absolute atomic E-state index is 12.8. The molecule has 148 valence electrons. The molecule has 0 spiro atoms. The number of thioether (sulfide) groups is 1. The van der Waals surface area contributed by atoms with Crippen molar-refractivity contribution in [1.29, 1.82) is 0 Å². The summed E-state index contributed by atoms with van der Waals surface area (Å²) in [6.07, 6.45) is -0.712. The number of nitrogens with zero attached hydrogens (tertiary/aromatic N) is 1. The van der Waals surface area contributed by atoms with E-state index in [4.69, 9.17) is 21.1 Å². The Hall–Kier alpha value is -2.38. The third-order valence-electron chi connectivity index (χ3n) is 4.30. The molecule has 0 aromatic heterocycles. The predicted molar refractivity (Wildman–Crippen MR) is 111 cm³/mol. The van der Waals surface area contributed by atoms with Gasteiger partial charge in [0.2, 0.25) is 5.91 Å². The molecule has 1 aliphatic rings. The van der Waals surface area contributed by atoms with E-state index in [0.29, 0.717) is 33.8 Å². The van der Waals surface area contributed by atoms with Crippen molar-refractivity contribution in [3.8, 4) is 11.5 Å². The SMILES string of the molecule is COc1ccc(NC(=O)C2CSCN2C(=O)C(C)Oc2ccc(Cl)cc2)cc1. The summed E-state index contributed by atoms with van der Waals surface area (Å²) in [6, 6.07) is 13.3. The van der Waals surface area contributed by atoms with Crippen molar-refractivity contribution in [2.45, 2.75) is 19.1 Å². The number of methoxy groups -OCH3 is 1. The smallest absolute Gasteiger partial charge is 0.264 e. The normalized spacial score (nSPS) is 17.1. The number of halogens is 1. The van der Waals surface area contributed by atoms with Crippen molar-refractivity contribution in [1.82, 2.24) is 4.90 Å². The van der Waals surface area contributed by atoms with Gasteiger partial charge in [0.15, 0.2) is 6.10 Å². The van der Waals surface area contributed by atoms with Crippen LogP contribution in [0.2, 0.25) is 5.02 Å². The van der Waals surface area contributed by atoms with Crippen LogP contribution in [-0.4, -0.2) is 47.6 Å².